The summed E-state index contributed by atoms with van der Waals surface area (Å²) in [7, 11) is 0. The largest absolute Gasteiger partial charge is 0.352 e. The Kier molecular flexibility index (Phi) is 8.34. The monoisotopic (exact) mass is 411 g/mol. The molecule has 0 saturated carbocycles. The van der Waals surface area contributed by atoms with Crippen molar-refractivity contribution in [3.8, 4) is 0 Å². The van der Waals surface area contributed by atoms with Gasteiger partial charge in [-0.05, 0) is 73.8 Å². The predicted molar refractivity (Wildman–Crippen MR) is 122 cm³/mol. The van der Waals surface area contributed by atoms with Crippen molar-refractivity contribution >= 4 is 34.8 Å². The normalized spacial score (nSPS) is 11.6. The first-order chi connectivity index (χ1) is 13.8. The van der Waals surface area contributed by atoms with E-state index in [-0.39, 0.29) is 22.8 Å². The number of anilines is 1. The van der Waals surface area contributed by atoms with E-state index < -0.39 is 0 Å². The molecule has 1 unspecified atom stereocenters. The molecule has 0 spiro atoms. The molecular formula is C23H29N3O2S. The van der Waals surface area contributed by atoms with Crippen LogP contribution in [-0.2, 0) is 11.2 Å². The van der Waals surface area contributed by atoms with E-state index in [1.54, 1.807) is 24.3 Å². The highest BCUT2D eigenvalue weighted by Crippen LogP contribution is 2.18. The molecule has 2 amide bonds. The molecule has 3 N–H and O–H groups in total. The van der Waals surface area contributed by atoms with Crippen LogP contribution in [0.3, 0.4) is 0 Å². The van der Waals surface area contributed by atoms with Gasteiger partial charge in [0.15, 0.2) is 5.11 Å². The minimum Gasteiger partial charge on any atom is -0.352 e. The van der Waals surface area contributed by atoms with Crippen molar-refractivity contribution in [2.75, 3.05) is 11.9 Å². The van der Waals surface area contributed by atoms with Crippen molar-refractivity contribution in [3.05, 3.63) is 65.2 Å². The lowest BCUT2D eigenvalue weighted by molar-refractivity contribution is -0.120. The van der Waals surface area contributed by atoms with Crippen LogP contribution in [0, 0.1) is 5.92 Å². The summed E-state index contributed by atoms with van der Waals surface area (Å²) >= 11 is 5.25. The second kappa shape index (κ2) is 10.7. The first-order valence-corrected chi connectivity index (χ1v) is 10.3. The van der Waals surface area contributed by atoms with Crippen LogP contribution in [0.4, 0.5) is 5.69 Å². The van der Waals surface area contributed by atoms with Gasteiger partial charge >= 0.3 is 0 Å². The second-order valence-electron chi connectivity index (χ2n) is 7.44. The molecule has 0 aliphatic rings. The van der Waals surface area contributed by atoms with Crippen molar-refractivity contribution in [1.82, 2.24) is 10.6 Å². The van der Waals surface area contributed by atoms with Gasteiger partial charge in [0.2, 0.25) is 5.91 Å². The van der Waals surface area contributed by atoms with Crippen molar-refractivity contribution in [3.63, 3.8) is 0 Å². The molecule has 0 aliphatic carbocycles. The fourth-order valence-corrected chi connectivity index (χ4v) is 3.13. The fourth-order valence-electron chi connectivity index (χ4n) is 2.92. The first-order valence-electron chi connectivity index (χ1n) is 9.89. The van der Waals surface area contributed by atoms with E-state index in [2.05, 4.69) is 41.9 Å². The van der Waals surface area contributed by atoms with E-state index in [1.807, 2.05) is 26.0 Å². The van der Waals surface area contributed by atoms with Gasteiger partial charge < -0.3 is 16.0 Å². The Morgan fingerprint density at radius 1 is 0.966 bits per heavy atom. The molecule has 2 rings (SSSR count). The minimum absolute atomic E-state index is 0.122. The summed E-state index contributed by atoms with van der Waals surface area (Å²) in [6.07, 6.45) is 1.02. The van der Waals surface area contributed by atoms with Gasteiger partial charge in [0.05, 0.1) is 5.92 Å². The minimum atomic E-state index is -0.317. The van der Waals surface area contributed by atoms with Gasteiger partial charge in [-0.3, -0.25) is 9.59 Å². The smallest absolute Gasteiger partial charge is 0.251 e. The zero-order valence-electron chi connectivity index (χ0n) is 17.4. The topological polar surface area (TPSA) is 70.2 Å². The predicted octanol–water partition coefficient (Wildman–Crippen LogP) is 4.25. The number of thiocarbonyl (C=S) groups is 1. The average molecular weight is 412 g/mol. The van der Waals surface area contributed by atoms with Crippen LogP contribution in [0.15, 0.2) is 48.5 Å². The molecule has 0 radical (unpaired) electrons. The van der Waals surface area contributed by atoms with Crippen LogP contribution >= 0.6 is 12.2 Å². The number of carbonyl (C=O) groups excluding carboxylic acids is 2. The fraction of sp³-hybridized carbons (Fsp3) is 0.348. The van der Waals surface area contributed by atoms with Gasteiger partial charge in [-0.2, -0.15) is 0 Å². The van der Waals surface area contributed by atoms with E-state index in [1.165, 1.54) is 5.56 Å². The van der Waals surface area contributed by atoms with Crippen molar-refractivity contribution in [2.45, 2.75) is 40.0 Å². The van der Waals surface area contributed by atoms with Gasteiger partial charge in [-0.15, -0.1) is 0 Å². The molecule has 0 saturated heterocycles. The Labute approximate surface area is 178 Å². The lowest BCUT2D eigenvalue weighted by atomic mass is 9.96. The Bertz CT molecular complexity index is 845. The summed E-state index contributed by atoms with van der Waals surface area (Å²) in [6, 6.07) is 15.1. The molecule has 1 atom stereocenters. The first kappa shape index (κ1) is 22.6. The molecule has 0 aromatic heterocycles. The Morgan fingerprint density at radius 2 is 1.59 bits per heavy atom. The van der Waals surface area contributed by atoms with Gasteiger partial charge in [0.25, 0.3) is 5.91 Å². The molecule has 0 fully saturated rings. The number of amides is 2. The number of hydrogen-bond acceptors (Lipinski definition) is 3. The average Bonchev–Trinajstić information content (AvgIpc) is 2.68. The van der Waals surface area contributed by atoms with E-state index in [9.17, 15) is 9.59 Å². The number of nitrogens with one attached hydrogen (secondary N) is 3. The van der Waals surface area contributed by atoms with Crippen molar-refractivity contribution in [1.29, 1.82) is 0 Å². The SMILES string of the molecule is CCNC(=O)c1ccc(NC(=S)NC(=O)C(C)c2ccc(CC(C)C)cc2)cc1. The molecule has 2 aromatic carbocycles. The maximum Gasteiger partial charge on any atom is 0.251 e. The zero-order valence-corrected chi connectivity index (χ0v) is 18.2. The summed E-state index contributed by atoms with van der Waals surface area (Å²) in [5.41, 5.74) is 3.49. The molecule has 29 heavy (non-hydrogen) atoms. The quantitative estimate of drug-likeness (QED) is 0.596. The van der Waals surface area contributed by atoms with Crippen LogP contribution in [0.5, 0.6) is 0 Å². The third kappa shape index (κ3) is 6.98. The van der Waals surface area contributed by atoms with Crippen LogP contribution in [0.25, 0.3) is 0 Å². The molecule has 0 bridgehead atoms. The van der Waals surface area contributed by atoms with Gasteiger partial charge in [-0.25, -0.2) is 0 Å². The standard InChI is InChI=1S/C23H29N3O2S/c1-5-24-22(28)19-10-12-20(13-11-19)25-23(29)26-21(27)16(4)18-8-6-17(7-9-18)14-15(2)3/h6-13,15-16H,5,14H2,1-4H3,(H,24,28)(H2,25,26,27,29). The third-order valence-electron chi connectivity index (χ3n) is 4.50. The van der Waals surface area contributed by atoms with Gasteiger partial charge in [0, 0.05) is 17.8 Å². The highest BCUT2D eigenvalue weighted by molar-refractivity contribution is 7.80. The van der Waals surface area contributed by atoms with Crippen molar-refractivity contribution < 1.29 is 9.59 Å². The van der Waals surface area contributed by atoms with Crippen LogP contribution < -0.4 is 16.0 Å². The highest BCUT2D eigenvalue weighted by atomic mass is 32.1. The molecule has 5 nitrogen and oxygen atoms in total. The van der Waals surface area contributed by atoms with Crippen molar-refractivity contribution in [2.24, 2.45) is 5.92 Å². The lowest BCUT2D eigenvalue weighted by Gasteiger charge is -2.15. The Morgan fingerprint density at radius 3 is 2.14 bits per heavy atom. The summed E-state index contributed by atoms with van der Waals surface area (Å²) < 4.78 is 0. The van der Waals surface area contributed by atoms with E-state index in [4.69, 9.17) is 12.2 Å². The number of benzene rings is 2. The molecule has 0 aliphatic heterocycles. The summed E-state index contributed by atoms with van der Waals surface area (Å²) in [6.45, 7) is 8.68. The molecule has 154 valence electrons. The summed E-state index contributed by atoms with van der Waals surface area (Å²) in [4.78, 5) is 24.3. The zero-order chi connectivity index (χ0) is 21.4. The lowest BCUT2D eigenvalue weighted by Crippen LogP contribution is -2.36. The number of hydrogen-bond donors (Lipinski definition) is 3. The van der Waals surface area contributed by atoms with Crippen LogP contribution in [-0.4, -0.2) is 23.5 Å². The molecule has 0 heterocycles. The van der Waals surface area contributed by atoms with Gasteiger partial charge in [0.1, 0.15) is 0 Å². The van der Waals surface area contributed by atoms with Crippen LogP contribution in [0.1, 0.15) is 55.1 Å². The summed E-state index contributed by atoms with van der Waals surface area (Å²) in [5.74, 6) is -0.00991. The Hall–Kier alpha value is -2.73. The molecular weight excluding hydrogens is 382 g/mol. The molecule has 6 heteroatoms. The number of rotatable bonds is 7. The maximum atomic E-state index is 12.5. The summed E-state index contributed by atoms with van der Waals surface area (Å²) in [5, 5.41) is 8.68. The molecule has 2 aromatic rings. The van der Waals surface area contributed by atoms with E-state index in [0.29, 0.717) is 23.7 Å². The highest BCUT2D eigenvalue weighted by Gasteiger charge is 2.16. The maximum absolute atomic E-state index is 12.5. The Balaban J connectivity index is 1.91. The van der Waals surface area contributed by atoms with Crippen LogP contribution in [0.2, 0.25) is 0 Å². The van der Waals surface area contributed by atoms with E-state index in [0.717, 1.165) is 12.0 Å². The number of carbonyl (C=O) groups is 2. The second-order valence-corrected chi connectivity index (χ2v) is 7.85. The van der Waals surface area contributed by atoms with Gasteiger partial charge in [-0.1, -0.05) is 38.1 Å². The third-order valence-corrected chi connectivity index (χ3v) is 4.70. The van der Waals surface area contributed by atoms with E-state index >= 15 is 0 Å².